The van der Waals surface area contributed by atoms with Gasteiger partial charge in [-0.15, -0.1) is 0 Å². The van der Waals surface area contributed by atoms with Gasteiger partial charge in [-0.25, -0.2) is 9.38 Å². The summed E-state index contributed by atoms with van der Waals surface area (Å²) in [6, 6.07) is 16.4. The Labute approximate surface area is 124 Å². The smallest absolute Gasteiger partial charge is 0.284 e. The summed E-state index contributed by atoms with van der Waals surface area (Å²) in [6.45, 7) is 0. The number of hydrogen-bond acceptors (Lipinski definition) is 3. The Balaban J connectivity index is 2.12. The van der Waals surface area contributed by atoms with Crippen LogP contribution >= 0.6 is 0 Å². The molecule has 0 amide bonds. The fraction of sp³-hybridized carbons (Fsp3) is 0. The highest BCUT2D eigenvalue weighted by atomic mass is 16.2. The third-order valence-electron chi connectivity index (χ3n) is 3.57. The number of para-hydroxylation sites is 1. The highest BCUT2D eigenvalue weighted by molar-refractivity contribution is 5.78. The molecule has 0 unspecified atom stereocenters. The van der Waals surface area contributed by atoms with Gasteiger partial charge in [0.05, 0.1) is 10.9 Å². The van der Waals surface area contributed by atoms with Crippen LogP contribution in [0.5, 0.6) is 0 Å². The van der Waals surface area contributed by atoms with Gasteiger partial charge in [-0.3, -0.25) is 9.59 Å². The van der Waals surface area contributed by atoms with E-state index in [9.17, 15) is 9.59 Å². The molecule has 2 heterocycles. The first-order valence-corrected chi connectivity index (χ1v) is 6.84. The van der Waals surface area contributed by atoms with Crippen LogP contribution in [0.1, 0.15) is 5.56 Å². The maximum atomic E-state index is 12.5. The summed E-state index contributed by atoms with van der Waals surface area (Å²) in [5, 5.41) is 0.772. The number of hydrogen-bond donors (Lipinski definition) is 1. The summed E-state index contributed by atoms with van der Waals surface area (Å²) in [5.41, 5.74) is 0.709. The lowest BCUT2D eigenvalue weighted by Gasteiger charge is -1.96. The Hall–Kier alpha value is -3.21. The van der Waals surface area contributed by atoms with Crippen molar-refractivity contribution in [3.63, 3.8) is 0 Å². The minimum atomic E-state index is -0.387. The van der Waals surface area contributed by atoms with E-state index >= 15 is 0 Å². The molecule has 4 rings (SSSR count). The van der Waals surface area contributed by atoms with Crippen molar-refractivity contribution in [3.8, 4) is 0 Å². The third-order valence-corrected chi connectivity index (χ3v) is 3.57. The first-order valence-electron chi connectivity index (χ1n) is 6.84. The Morgan fingerprint density at radius 1 is 0.909 bits per heavy atom. The number of imidazole rings is 1. The van der Waals surface area contributed by atoms with Crippen molar-refractivity contribution in [2.45, 2.75) is 0 Å². The van der Waals surface area contributed by atoms with Crippen molar-refractivity contribution in [1.29, 1.82) is 0 Å². The summed E-state index contributed by atoms with van der Waals surface area (Å²) in [6.07, 6.45) is 1.71. The second-order valence-corrected chi connectivity index (χ2v) is 4.99. The molecule has 2 aromatic heterocycles. The third kappa shape index (κ3) is 1.83. The van der Waals surface area contributed by atoms with Crippen LogP contribution in [0.2, 0.25) is 0 Å². The fourth-order valence-electron chi connectivity index (χ4n) is 2.51. The lowest BCUT2D eigenvalue weighted by atomic mass is 10.2. The molecular weight excluding hydrogens is 278 g/mol. The van der Waals surface area contributed by atoms with E-state index in [0.717, 1.165) is 9.96 Å². The van der Waals surface area contributed by atoms with Gasteiger partial charge in [0.15, 0.2) is 0 Å². The molecule has 5 heteroatoms. The predicted molar refractivity (Wildman–Crippen MR) is 84.8 cm³/mol. The number of H-pyrrole nitrogens is 1. The number of nitrogens with zero attached hydrogens (tertiary/aromatic N) is 2. The summed E-state index contributed by atoms with van der Waals surface area (Å²) in [5.74, 6) is 0.260. The van der Waals surface area contributed by atoms with Crippen LogP contribution in [0.25, 0.3) is 22.8 Å². The highest BCUT2D eigenvalue weighted by Gasteiger charge is 2.10. The van der Waals surface area contributed by atoms with Gasteiger partial charge in [-0.1, -0.05) is 42.5 Å². The Morgan fingerprint density at radius 3 is 2.45 bits per heavy atom. The Bertz CT molecular complexity index is 1160. The molecule has 0 saturated heterocycles. The van der Waals surface area contributed by atoms with Crippen LogP contribution in [0.3, 0.4) is 0 Å². The van der Waals surface area contributed by atoms with Crippen molar-refractivity contribution in [1.82, 2.24) is 14.4 Å². The van der Waals surface area contributed by atoms with Crippen LogP contribution < -0.4 is 16.5 Å². The van der Waals surface area contributed by atoms with E-state index in [1.165, 1.54) is 0 Å². The zero-order chi connectivity index (χ0) is 15.1. The van der Waals surface area contributed by atoms with Crippen molar-refractivity contribution < 1.29 is 0 Å². The standard InChI is InChI=1S/C17H11N3O2/c21-15-12-8-4-5-9-13(12)18-17-19-14(16(22)20(15)17)10-11-6-2-1-3-7-11/h1-10H,(H,18,19)/b14-10+. The normalized spacial score (nSPS) is 12.3. The van der Waals surface area contributed by atoms with E-state index < -0.39 is 0 Å². The molecule has 5 nitrogen and oxygen atoms in total. The summed E-state index contributed by atoms with van der Waals surface area (Å²) in [7, 11) is 0. The van der Waals surface area contributed by atoms with E-state index in [2.05, 4.69) is 9.97 Å². The molecule has 0 aliphatic heterocycles. The van der Waals surface area contributed by atoms with E-state index in [1.807, 2.05) is 36.4 Å². The fourth-order valence-corrected chi connectivity index (χ4v) is 2.51. The van der Waals surface area contributed by atoms with Gasteiger partial charge in [0, 0.05) is 0 Å². The number of aromatic nitrogens is 3. The number of rotatable bonds is 1. The molecule has 0 aliphatic rings. The lowest BCUT2D eigenvalue weighted by molar-refractivity contribution is 1.05. The maximum absolute atomic E-state index is 12.5. The molecule has 4 aromatic rings. The number of aromatic amines is 1. The van der Waals surface area contributed by atoms with Crippen LogP contribution in [0, 0.1) is 0 Å². The number of nitrogens with one attached hydrogen (secondary N) is 1. The van der Waals surface area contributed by atoms with E-state index in [0.29, 0.717) is 16.3 Å². The zero-order valence-electron chi connectivity index (χ0n) is 11.5. The molecular formula is C17H11N3O2. The Kier molecular flexibility index (Phi) is 2.66. The van der Waals surface area contributed by atoms with Gasteiger partial charge in [-0.05, 0) is 23.8 Å². The maximum Gasteiger partial charge on any atom is 0.284 e. The van der Waals surface area contributed by atoms with Crippen molar-refractivity contribution in [3.05, 3.63) is 86.2 Å². The number of benzene rings is 2. The predicted octanol–water partition coefficient (Wildman–Crippen LogP) is 1.08. The van der Waals surface area contributed by atoms with Crippen LogP contribution in [0.4, 0.5) is 0 Å². The molecule has 0 saturated carbocycles. The van der Waals surface area contributed by atoms with Gasteiger partial charge in [-0.2, -0.15) is 0 Å². The van der Waals surface area contributed by atoms with Gasteiger partial charge in [0.2, 0.25) is 5.78 Å². The number of fused-ring (bicyclic) bond motifs is 2. The monoisotopic (exact) mass is 289 g/mol. The van der Waals surface area contributed by atoms with Crippen LogP contribution in [0.15, 0.2) is 64.2 Å². The lowest BCUT2D eigenvalue weighted by Crippen LogP contribution is -2.31. The highest BCUT2D eigenvalue weighted by Crippen LogP contribution is 2.05. The summed E-state index contributed by atoms with van der Waals surface area (Å²) >= 11 is 0. The van der Waals surface area contributed by atoms with Crippen molar-refractivity contribution in [2.24, 2.45) is 0 Å². The molecule has 0 bridgehead atoms. The average molecular weight is 289 g/mol. The topological polar surface area (TPSA) is 67.2 Å². The molecule has 0 radical (unpaired) electrons. The first-order chi connectivity index (χ1) is 10.7. The van der Waals surface area contributed by atoms with Crippen molar-refractivity contribution >= 4 is 22.8 Å². The molecule has 106 valence electrons. The van der Waals surface area contributed by atoms with Gasteiger partial charge in [0.1, 0.15) is 5.35 Å². The SMILES string of the molecule is O=c1/c(=C\c2ccccc2)[nH]c2nc3ccccc3c(=O)n12. The summed E-state index contributed by atoms with van der Waals surface area (Å²) in [4.78, 5) is 32.2. The largest absolute Gasteiger partial charge is 0.320 e. The molecule has 22 heavy (non-hydrogen) atoms. The summed E-state index contributed by atoms with van der Waals surface area (Å²) < 4.78 is 1.08. The first kappa shape index (κ1) is 12.5. The van der Waals surface area contributed by atoms with E-state index in [1.54, 1.807) is 24.3 Å². The second-order valence-electron chi connectivity index (χ2n) is 4.99. The molecule has 2 aromatic carbocycles. The Morgan fingerprint density at radius 2 is 1.64 bits per heavy atom. The molecule has 0 fully saturated rings. The average Bonchev–Trinajstić information content (AvgIpc) is 2.85. The van der Waals surface area contributed by atoms with Gasteiger partial charge < -0.3 is 4.98 Å². The zero-order valence-corrected chi connectivity index (χ0v) is 11.5. The van der Waals surface area contributed by atoms with Crippen LogP contribution in [-0.2, 0) is 0 Å². The van der Waals surface area contributed by atoms with Gasteiger partial charge in [0.25, 0.3) is 11.1 Å². The van der Waals surface area contributed by atoms with Gasteiger partial charge >= 0.3 is 0 Å². The molecule has 0 spiro atoms. The van der Waals surface area contributed by atoms with E-state index in [4.69, 9.17) is 0 Å². The quantitative estimate of drug-likeness (QED) is 0.570. The van der Waals surface area contributed by atoms with Crippen molar-refractivity contribution in [2.75, 3.05) is 0 Å². The molecule has 0 atom stereocenters. The molecule has 0 aliphatic carbocycles. The van der Waals surface area contributed by atoms with Crippen LogP contribution in [-0.4, -0.2) is 14.4 Å². The second kappa shape index (κ2) is 4.66. The minimum absolute atomic E-state index is 0.260. The molecule has 1 N–H and O–H groups in total. The minimum Gasteiger partial charge on any atom is -0.320 e. The van der Waals surface area contributed by atoms with E-state index in [-0.39, 0.29) is 16.9 Å².